The molecule has 3 nitrogen and oxygen atoms in total. The maximum absolute atomic E-state index is 4.56. The van der Waals surface area contributed by atoms with Crippen LogP contribution in [-0.4, -0.2) is 31.3 Å². The van der Waals surface area contributed by atoms with Gasteiger partial charge in [-0.15, -0.1) is 0 Å². The molecule has 0 atom stereocenters. The van der Waals surface area contributed by atoms with E-state index in [9.17, 15) is 0 Å². The molecule has 1 fully saturated rings. The molecular weight excluding hydrogens is 206 g/mol. The number of benzene rings is 1. The van der Waals surface area contributed by atoms with Gasteiger partial charge in [0.1, 0.15) is 0 Å². The molecule has 78 valence electrons. The Bertz CT molecular complexity index is 362. The van der Waals surface area contributed by atoms with Crippen molar-refractivity contribution in [3.63, 3.8) is 0 Å². The van der Waals surface area contributed by atoms with Gasteiger partial charge in [-0.2, -0.15) is 4.99 Å². The number of isothiocyanates is 1. The largest absolute Gasteiger partial charge is 0.369 e. The monoisotopic (exact) mass is 219 g/mol. The zero-order valence-corrected chi connectivity index (χ0v) is 9.26. The molecule has 0 bridgehead atoms. The Morgan fingerprint density at radius 1 is 1.20 bits per heavy atom. The van der Waals surface area contributed by atoms with Crippen molar-refractivity contribution in [3.8, 4) is 0 Å². The van der Waals surface area contributed by atoms with E-state index in [2.05, 4.69) is 44.7 Å². The van der Waals surface area contributed by atoms with Gasteiger partial charge in [0.05, 0.1) is 10.8 Å². The molecule has 15 heavy (non-hydrogen) atoms. The van der Waals surface area contributed by atoms with Crippen LogP contribution in [0.25, 0.3) is 0 Å². The molecule has 1 aliphatic heterocycles. The van der Waals surface area contributed by atoms with Crippen molar-refractivity contribution in [2.24, 2.45) is 4.99 Å². The van der Waals surface area contributed by atoms with E-state index in [0.717, 1.165) is 31.9 Å². The quantitative estimate of drug-likeness (QED) is 0.607. The fraction of sp³-hybridized carbons (Fsp3) is 0.364. The highest BCUT2D eigenvalue weighted by Crippen LogP contribution is 2.19. The van der Waals surface area contributed by atoms with Crippen LogP contribution < -0.4 is 10.2 Å². The summed E-state index contributed by atoms with van der Waals surface area (Å²) in [6, 6.07) is 8.10. The van der Waals surface area contributed by atoms with E-state index in [0.29, 0.717) is 0 Å². The summed E-state index contributed by atoms with van der Waals surface area (Å²) >= 11 is 4.56. The van der Waals surface area contributed by atoms with Crippen LogP contribution in [0, 0.1) is 0 Å². The molecule has 1 aromatic carbocycles. The summed E-state index contributed by atoms with van der Waals surface area (Å²) in [7, 11) is 0. The number of anilines is 1. The highest BCUT2D eigenvalue weighted by molar-refractivity contribution is 7.78. The van der Waals surface area contributed by atoms with Crippen LogP contribution in [-0.2, 0) is 0 Å². The lowest BCUT2D eigenvalue weighted by atomic mass is 10.2. The molecule has 1 aromatic rings. The number of nitrogens with one attached hydrogen (secondary N) is 1. The van der Waals surface area contributed by atoms with Crippen LogP contribution in [0.2, 0.25) is 0 Å². The van der Waals surface area contributed by atoms with E-state index in [1.54, 1.807) is 0 Å². The number of nitrogens with zero attached hydrogens (tertiary/aromatic N) is 2. The molecule has 0 radical (unpaired) electrons. The minimum absolute atomic E-state index is 0.865. The zero-order chi connectivity index (χ0) is 10.5. The number of hydrogen-bond acceptors (Lipinski definition) is 4. The molecule has 0 saturated carbocycles. The van der Waals surface area contributed by atoms with Crippen LogP contribution >= 0.6 is 12.2 Å². The summed E-state index contributed by atoms with van der Waals surface area (Å²) in [5.41, 5.74) is 2.11. The highest BCUT2D eigenvalue weighted by Gasteiger charge is 2.09. The van der Waals surface area contributed by atoms with Crippen LogP contribution in [0.15, 0.2) is 29.3 Å². The SMILES string of the molecule is S=C=Nc1ccc(N2CCNCC2)cc1. The van der Waals surface area contributed by atoms with Gasteiger partial charge in [0.15, 0.2) is 0 Å². The minimum Gasteiger partial charge on any atom is -0.369 e. The van der Waals surface area contributed by atoms with Crippen molar-refractivity contribution < 1.29 is 0 Å². The van der Waals surface area contributed by atoms with E-state index in [-0.39, 0.29) is 0 Å². The summed E-state index contributed by atoms with van der Waals surface area (Å²) in [6.45, 7) is 4.24. The lowest BCUT2D eigenvalue weighted by Gasteiger charge is -2.29. The van der Waals surface area contributed by atoms with Gasteiger partial charge in [0.2, 0.25) is 0 Å². The Kier molecular flexibility index (Phi) is 3.45. The third-order valence-electron chi connectivity index (χ3n) is 2.51. The van der Waals surface area contributed by atoms with Crippen molar-refractivity contribution in [2.75, 3.05) is 31.1 Å². The van der Waals surface area contributed by atoms with Gasteiger partial charge in [0.25, 0.3) is 0 Å². The topological polar surface area (TPSA) is 27.6 Å². The van der Waals surface area contributed by atoms with E-state index in [1.807, 2.05) is 12.1 Å². The lowest BCUT2D eigenvalue weighted by Crippen LogP contribution is -2.43. The first-order valence-corrected chi connectivity index (χ1v) is 5.44. The van der Waals surface area contributed by atoms with Crippen LogP contribution in [0.4, 0.5) is 11.4 Å². The average Bonchev–Trinajstić information content (AvgIpc) is 2.32. The number of thiocarbonyl (C=S) groups is 1. The van der Waals surface area contributed by atoms with Crippen molar-refractivity contribution >= 4 is 28.8 Å². The first-order chi connectivity index (χ1) is 7.40. The van der Waals surface area contributed by atoms with Gasteiger partial charge in [-0.05, 0) is 36.5 Å². The molecule has 0 aromatic heterocycles. The fourth-order valence-electron chi connectivity index (χ4n) is 1.71. The number of hydrogen-bond donors (Lipinski definition) is 1. The van der Waals surface area contributed by atoms with Crippen LogP contribution in [0.5, 0.6) is 0 Å². The van der Waals surface area contributed by atoms with Crippen molar-refractivity contribution in [3.05, 3.63) is 24.3 Å². The Hall–Kier alpha value is -1.22. The second-order valence-electron chi connectivity index (χ2n) is 3.46. The molecule has 2 rings (SSSR count). The summed E-state index contributed by atoms with van der Waals surface area (Å²) in [5.74, 6) is 0. The van der Waals surface area contributed by atoms with Crippen LogP contribution in [0.1, 0.15) is 0 Å². The van der Waals surface area contributed by atoms with Gasteiger partial charge >= 0.3 is 0 Å². The minimum atomic E-state index is 0.865. The number of aliphatic imine (C=N–C) groups is 1. The van der Waals surface area contributed by atoms with E-state index in [4.69, 9.17) is 0 Å². The summed E-state index contributed by atoms with van der Waals surface area (Å²) in [5, 5.41) is 5.70. The molecule has 0 amide bonds. The standard InChI is InChI=1S/C11H13N3S/c15-9-13-10-1-3-11(4-2-10)14-7-5-12-6-8-14/h1-4,12H,5-8H2. The molecule has 1 heterocycles. The predicted molar refractivity (Wildman–Crippen MR) is 66.2 cm³/mol. The first kappa shape index (κ1) is 10.3. The van der Waals surface area contributed by atoms with Crippen molar-refractivity contribution in [1.82, 2.24) is 5.32 Å². The Labute approximate surface area is 94.8 Å². The van der Waals surface area contributed by atoms with Crippen LogP contribution in [0.3, 0.4) is 0 Å². The zero-order valence-electron chi connectivity index (χ0n) is 8.44. The summed E-state index contributed by atoms with van der Waals surface area (Å²) in [4.78, 5) is 6.29. The molecule has 0 unspecified atom stereocenters. The first-order valence-electron chi connectivity index (χ1n) is 5.04. The Balaban J connectivity index is 2.11. The number of piperazine rings is 1. The highest BCUT2D eigenvalue weighted by atomic mass is 32.1. The smallest absolute Gasteiger partial charge is 0.0741 e. The fourth-order valence-corrected chi connectivity index (χ4v) is 1.82. The Morgan fingerprint density at radius 2 is 1.87 bits per heavy atom. The molecule has 1 aliphatic rings. The molecule has 4 heteroatoms. The molecular formula is C11H13N3S. The van der Waals surface area contributed by atoms with Gasteiger partial charge in [-0.25, -0.2) is 0 Å². The number of rotatable bonds is 2. The summed E-state index contributed by atoms with van der Waals surface area (Å²) < 4.78 is 0. The maximum atomic E-state index is 4.56. The van der Waals surface area contributed by atoms with Crippen molar-refractivity contribution in [2.45, 2.75) is 0 Å². The van der Waals surface area contributed by atoms with Gasteiger partial charge < -0.3 is 10.2 Å². The third-order valence-corrected chi connectivity index (χ3v) is 2.60. The second-order valence-corrected chi connectivity index (χ2v) is 3.64. The third kappa shape index (κ3) is 2.63. The van der Waals surface area contributed by atoms with Crippen molar-refractivity contribution in [1.29, 1.82) is 0 Å². The van der Waals surface area contributed by atoms with E-state index < -0.39 is 0 Å². The van der Waals surface area contributed by atoms with E-state index >= 15 is 0 Å². The molecule has 1 N–H and O–H groups in total. The predicted octanol–water partition coefficient (Wildman–Crippen LogP) is 1.83. The molecule has 0 aliphatic carbocycles. The normalized spacial score (nSPS) is 15.9. The average molecular weight is 219 g/mol. The Morgan fingerprint density at radius 3 is 2.47 bits per heavy atom. The molecule has 1 saturated heterocycles. The maximum Gasteiger partial charge on any atom is 0.0741 e. The second kappa shape index (κ2) is 5.03. The lowest BCUT2D eigenvalue weighted by molar-refractivity contribution is 0.589. The summed E-state index contributed by atoms with van der Waals surface area (Å²) in [6.07, 6.45) is 0. The van der Waals surface area contributed by atoms with Gasteiger partial charge in [0, 0.05) is 31.9 Å². The van der Waals surface area contributed by atoms with Gasteiger partial charge in [-0.1, -0.05) is 0 Å². The molecule has 0 spiro atoms. The van der Waals surface area contributed by atoms with Gasteiger partial charge in [-0.3, -0.25) is 0 Å². The van der Waals surface area contributed by atoms with E-state index in [1.165, 1.54) is 5.69 Å².